The molecule has 10 heavy (non-hydrogen) atoms. The van der Waals surface area contributed by atoms with E-state index in [1.165, 1.54) is 10.9 Å². The average Bonchev–Trinajstić information content (AvgIpc) is 2.34. The van der Waals surface area contributed by atoms with E-state index >= 15 is 0 Å². The van der Waals surface area contributed by atoms with Gasteiger partial charge in [0.2, 0.25) is 0 Å². The minimum absolute atomic E-state index is 0.0152. The molecule has 0 aliphatic carbocycles. The highest BCUT2D eigenvalue weighted by molar-refractivity contribution is 5.95. The standard InChI is InChI=1S/C5H8N4O/c1-9-3-4(7-8-9)5(10)2-6/h3H,2,6H2,1H3. The van der Waals surface area contributed by atoms with Crippen molar-refractivity contribution in [3.05, 3.63) is 11.9 Å². The molecule has 54 valence electrons. The molecule has 0 radical (unpaired) electrons. The average molecular weight is 140 g/mol. The van der Waals surface area contributed by atoms with E-state index in [1.807, 2.05) is 0 Å². The van der Waals surface area contributed by atoms with Crippen LogP contribution in [-0.4, -0.2) is 27.3 Å². The van der Waals surface area contributed by atoms with Gasteiger partial charge in [-0.3, -0.25) is 9.48 Å². The Bertz CT molecular complexity index is 242. The van der Waals surface area contributed by atoms with E-state index in [9.17, 15) is 4.79 Å². The Morgan fingerprint density at radius 3 is 3.00 bits per heavy atom. The van der Waals surface area contributed by atoms with Gasteiger partial charge in [-0.05, 0) is 0 Å². The molecule has 0 amide bonds. The summed E-state index contributed by atoms with van der Waals surface area (Å²) in [6, 6.07) is 0. The zero-order valence-electron chi connectivity index (χ0n) is 5.61. The summed E-state index contributed by atoms with van der Waals surface area (Å²) in [5.74, 6) is -0.187. The van der Waals surface area contributed by atoms with Crippen LogP contribution in [0.15, 0.2) is 6.20 Å². The Labute approximate surface area is 57.8 Å². The summed E-state index contributed by atoms with van der Waals surface area (Å²) in [5.41, 5.74) is 5.41. The number of Topliss-reactive ketones (excluding diaryl/α,β-unsaturated/α-hetero) is 1. The van der Waals surface area contributed by atoms with Gasteiger partial charge in [-0.2, -0.15) is 0 Å². The summed E-state index contributed by atoms with van der Waals surface area (Å²) in [7, 11) is 1.69. The van der Waals surface area contributed by atoms with Crippen molar-refractivity contribution in [1.82, 2.24) is 15.0 Å². The normalized spacial score (nSPS) is 9.80. The molecule has 0 saturated carbocycles. The number of carbonyl (C=O) groups excluding carboxylic acids is 1. The summed E-state index contributed by atoms with van der Waals surface area (Å²) < 4.78 is 1.46. The summed E-state index contributed by atoms with van der Waals surface area (Å²) in [6.07, 6.45) is 1.54. The lowest BCUT2D eigenvalue weighted by atomic mass is 10.3. The maximum absolute atomic E-state index is 10.8. The molecule has 0 atom stereocenters. The predicted octanol–water partition coefficient (Wildman–Crippen LogP) is -1.04. The van der Waals surface area contributed by atoms with Crippen LogP contribution in [0.1, 0.15) is 10.5 Å². The van der Waals surface area contributed by atoms with Gasteiger partial charge >= 0.3 is 0 Å². The van der Waals surface area contributed by atoms with Gasteiger partial charge in [0.25, 0.3) is 0 Å². The zero-order chi connectivity index (χ0) is 7.56. The van der Waals surface area contributed by atoms with Gasteiger partial charge in [-0.15, -0.1) is 5.10 Å². The molecule has 0 aliphatic heterocycles. The number of aryl methyl sites for hydroxylation is 1. The molecule has 1 aromatic rings. The van der Waals surface area contributed by atoms with Crippen molar-refractivity contribution in [2.24, 2.45) is 12.8 Å². The highest BCUT2D eigenvalue weighted by atomic mass is 16.1. The van der Waals surface area contributed by atoms with Crippen LogP contribution in [0.25, 0.3) is 0 Å². The maximum Gasteiger partial charge on any atom is 0.198 e. The van der Waals surface area contributed by atoms with E-state index in [0.717, 1.165) is 0 Å². The second-order valence-electron chi connectivity index (χ2n) is 1.90. The van der Waals surface area contributed by atoms with Gasteiger partial charge in [0, 0.05) is 7.05 Å². The molecule has 1 aromatic heterocycles. The molecule has 1 heterocycles. The number of aromatic nitrogens is 3. The van der Waals surface area contributed by atoms with Crippen LogP contribution in [0.5, 0.6) is 0 Å². The third-order valence-electron chi connectivity index (χ3n) is 1.07. The molecule has 5 nitrogen and oxygen atoms in total. The van der Waals surface area contributed by atoms with E-state index in [1.54, 1.807) is 7.05 Å². The van der Waals surface area contributed by atoms with Crippen molar-refractivity contribution in [1.29, 1.82) is 0 Å². The Balaban J connectivity index is 2.85. The molecule has 0 aliphatic rings. The fourth-order valence-corrected chi connectivity index (χ4v) is 0.580. The zero-order valence-corrected chi connectivity index (χ0v) is 5.61. The number of hydrogen-bond donors (Lipinski definition) is 1. The highest BCUT2D eigenvalue weighted by Crippen LogP contribution is 1.90. The van der Waals surface area contributed by atoms with Crippen molar-refractivity contribution in [2.45, 2.75) is 0 Å². The van der Waals surface area contributed by atoms with Crippen molar-refractivity contribution in [2.75, 3.05) is 6.54 Å². The summed E-state index contributed by atoms with van der Waals surface area (Å²) in [4.78, 5) is 10.8. The fourth-order valence-electron chi connectivity index (χ4n) is 0.580. The number of carbonyl (C=O) groups is 1. The van der Waals surface area contributed by atoms with Crippen molar-refractivity contribution in [3.8, 4) is 0 Å². The lowest BCUT2D eigenvalue weighted by Gasteiger charge is -1.85. The van der Waals surface area contributed by atoms with E-state index < -0.39 is 0 Å². The first-order chi connectivity index (χ1) is 4.74. The van der Waals surface area contributed by atoms with Gasteiger partial charge in [0.15, 0.2) is 5.78 Å². The monoisotopic (exact) mass is 140 g/mol. The van der Waals surface area contributed by atoms with E-state index in [2.05, 4.69) is 10.3 Å². The first-order valence-corrected chi connectivity index (χ1v) is 2.83. The highest BCUT2D eigenvalue weighted by Gasteiger charge is 2.05. The Hall–Kier alpha value is -1.23. The van der Waals surface area contributed by atoms with Crippen LogP contribution in [0.2, 0.25) is 0 Å². The van der Waals surface area contributed by atoms with Crippen molar-refractivity contribution >= 4 is 5.78 Å². The minimum atomic E-state index is -0.187. The van der Waals surface area contributed by atoms with E-state index in [-0.39, 0.29) is 12.3 Å². The number of nitrogens with zero attached hydrogens (tertiary/aromatic N) is 3. The van der Waals surface area contributed by atoms with Crippen LogP contribution in [-0.2, 0) is 7.05 Å². The Morgan fingerprint density at radius 1 is 1.90 bits per heavy atom. The summed E-state index contributed by atoms with van der Waals surface area (Å²) in [5, 5.41) is 7.15. The lowest BCUT2D eigenvalue weighted by molar-refractivity contribution is 0.0996. The molecule has 2 N–H and O–H groups in total. The summed E-state index contributed by atoms with van der Waals surface area (Å²) >= 11 is 0. The van der Waals surface area contributed by atoms with E-state index in [0.29, 0.717) is 5.69 Å². The smallest absolute Gasteiger partial charge is 0.198 e. The van der Waals surface area contributed by atoms with Crippen molar-refractivity contribution in [3.63, 3.8) is 0 Å². The maximum atomic E-state index is 10.8. The first-order valence-electron chi connectivity index (χ1n) is 2.83. The van der Waals surface area contributed by atoms with Gasteiger partial charge in [-0.25, -0.2) is 0 Å². The third kappa shape index (κ3) is 1.19. The van der Waals surface area contributed by atoms with Crippen LogP contribution < -0.4 is 5.73 Å². The number of rotatable bonds is 2. The SMILES string of the molecule is Cn1cc(C(=O)CN)nn1. The van der Waals surface area contributed by atoms with Gasteiger partial charge in [0.05, 0.1) is 12.7 Å². The molecule has 5 heteroatoms. The second kappa shape index (κ2) is 2.57. The van der Waals surface area contributed by atoms with Gasteiger partial charge in [-0.1, -0.05) is 5.21 Å². The Morgan fingerprint density at radius 2 is 2.60 bits per heavy atom. The van der Waals surface area contributed by atoms with Gasteiger partial charge < -0.3 is 5.73 Å². The quantitative estimate of drug-likeness (QED) is 0.532. The number of hydrogen-bond acceptors (Lipinski definition) is 4. The minimum Gasteiger partial charge on any atom is -0.324 e. The molecule has 0 spiro atoms. The second-order valence-corrected chi connectivity index (χ2v) is 1.90. The predicted molar refractivity (Wildman–Crippen MR) is 34.4 cm³/mol. The molecular formula is C5H8N4O. The van der Waals surface area contributed by atoms with E-state index in [4.69, 9.17) is 5.73 Å². The van der Waals surface area contributed by atoms with Gasteiger partial charge in [0.1, 0.15) is 5.69 Å². The molecule has 0 bridgehead atoms. The number of nitrogens with two attached hydrogens (primary N) is 1. The molecular weight excluding hydrogens is 132 g/mol. The topological polar surface area (TPSA) is 73.8 Å². The van der Waals surface area contributed by atoms with Crippen LogP contribution in [0, 0.1) is 0 Å². The number of ketones is 1. The van der Waals surface area contributed by atoms with Crippen molar-refractivity contribution < 1.29 is 4.79 Å². The Kier molecular flexibility index (Phi) is 1.77. The first kappa shape index (κ1) is 6.88. The molecule has 1 rings (SSSR count). The largest absolute Gasteiger partial charge is 0.324 e. The molecule has 0 aromatic carbocycles. The lowest BCUT2D eigenvalue weighted by Crippen LogP contribution is -2.13. The fraction of sp³-hybridized carbons (Fsp3) is 0.400. The molecule has 0 saturated heterocycles. The van der Waals surface area contributed by atoms with Crippen LogP contribution in [0.4, 0.5) is 0 Å². The van der Waals surface area contributed by atoms with Crippen LogP contribution >= 0.6 is 0 Å². The molecule has 0 fully saturated rings. The van der Waals surface area contributed by atoms with Crippen LogP contribution in [0.3, 0.4) is 0 Å². The summed E-state index contributed by atoms with van der Waals surface area (Å²) in [6.45, 7) is -0.0152. The third-order valence-corrected chi connectivity index (χ3v) is 1.07. The molecule has 0 unspecified atom stereocenters.